The largest absolute Gasteiger partial charge is 0.497 e. The van der Waals surface area contributed by atoms with Gasteiger partial charge in [0.25, 0.3) is 5.91 Å². The van der Waals surface area contributed by atoms with Crippen molar-refractivity contribution in [3.8, 4) is 5.75 Å². The Kier molecular flexibility index (Phi) is 7.48. The summed E-state index contributed by atoms with van der Waals surface area (Å²) in [6, 6.07) is 12.4. The fourth-order valence-electron chi connectivity index (χ4n) is 5.26. The zero-order chi connectivity index (χ0) is 24.9. The second kappa shape index (κ2) is 10.7. The molecule has 7 nitrogen and oxygen atoms in total. The number of hydrazine groups is 1. The predicted molar refractivity (Wildman–Crippen MR) is 132 cm³/mol. The molecule has 0 spiro atoms. The van der Waals surface area contributed by atoms with E-state index in [1.807, 2.05) is 13.0 Å². The van der Waals surface area contributed by atoms with E-state index < -0.39 is 11.9 Å². The van der Waals surface area contributed by atoms with Crippen molar-refractivity contribution in [1.29, 1.82) is 0 Å². The third kappa shape index (κ3) is 5.37. The summed E-state index contributed by atoms with van der Waals surface area (Å²) in [4.78, 5) is 29.5. The fourth-order valence-corrected chi connectivity index (χ4v) is 5.26. The monoisotopic (exact) mass is 478 g/mol. The topological polar surface area (TPSA) is 97.6 Å². The first kappa shape index (κ1) is 24.4. The lowest BCUT2D eigenvalue weighted by molar-refractivity contribution is 0.0643. The molecule has 0 saturated heterocycles. The summed E-state index contributed by atoms with van der Waals surface area (Å²) < 4.78 is 19.0. The Bertz CT molecular complexity index is 1190. The number of benzene rings is 2. The number of aromatic nitrogens is 1. The van der Waals surface area contributed by atoms with Crippen LogP contribution in [0.4, 0.5) is 9.18 Å². The third-order valence-corrected chi connectivity index (χ3v) is 7.05. The van der Waals surface area contributed by atoms with Crippen molar-refractivity contribution in [2.45, 2.75) is 51.0 Å². The maximum atomic E-state index is 13.9. The molecule has 1 aliphatic carbocycles. The molecular formula is C27H31FN4O3. The summed E-state index contributed by atoms with van der Waals surface area (Å²) in [6.07, 6.45) is 5.96. The molecule has 1 unspecified atom stereocenters. The SMILES string of the molecule is CCC(C1CCC(c2ccnc3ccc(F)cc23)CC1)N(NC(=O)c1ccc(OC)cc1)C(N)=O. The van der Waals surface area contributed by atoms with Crippen LogP contribution >= 0.6 is 0 Å². The molecule has 0 radical (unpaired) electrons. The Hall–Kier alpha value is -3.68. The van der Waals surface area contributed by atoms with Crippen LogP contribution < -0.4 is 15.9 Å². The minimum absolute atomic E-state index is 0.185. The molecule has 1 aliphatic rings. The highest BCUT2D eigenvalue weighted by Crippen LogP contribution is 2.40. The Labute approximate surface area is 204 Å². The summed E-state index contributed by atoms with van der Waals surface area (Å²) >= 11 is 0. The standard InChI is InChI=1S/C27H31FN4O3/c1-3-25(32(27(29)34)31-26(33)19-8-11-21(35-2)12-9-19)18-6-4-17(5-7-18)22-14-15-30-24-13-10-20(28)16-23(22)24/h8-18,25H,3-7H2,1-2H3,(H2,29,34)(H,31,33). The fraction of sp³-hybridized carbons (Fsp3) is 0.370. The molecule has 35 heavy (non-hydrogen) atoms. The first-order valence-corrected chi connectivity index (χ1v) is 12.0. The van der Waals surface area contributed by atoms with E-state index in [0.29, 0.717) is 17.7 Å². The molecule has 1 heterocycles. The molecule has 1 fully saturated rings. The van der Waals surface area contributed by atoms with Gasteiger partial charge < -0.3 is 10.5 Å². The number of rotatable bonds is 6. The van der Waals surface area contributed by atoms with Crippen molar-refractivity contribution in [2.24, 2.45) is 11.7 Å². The smallest absolute Gasteiger partial charge is 0.333 e. The van der Waals surface area contributed by atoms with Crippen LogP contribution in [-0.2, 0) is 0 Å². The highest BCUT2D eigenvalue weighted by atomic mass is 19.1. The van der Waals surface area contributed by atoms with Crippen LogP contribution in [0.3, 0.4) is 0 Å². The van der Waals surface area contributed by atoms with E-state index >= 15 is 0 Å². The number of amides is 3. The van der Waals surface area contributed by atoms with Crippen molar-refractivity contribution < 1.29 is 18.7 Å². The van der Waals surface area contributed by atoms with Gasteiger partial charge in [-0.1, -0.05) is 6.92 Å². The molecule has 2 aromatic carbocycles. The summed E-state index contributed by atoms with van der Waals surface area (Å²) in [5, 5.41) is 2.14. The molecule has 3 N–H and O–H groups in total. The van der Waals surface area contributed by atoms with Gasteiger partial charge in [-0.05, 0) is 98.0 Å². The van der Waals surface area contributed by atoms with Gasteiger partial charge in [0.1, 0.15) is 11.6 Å². The summed E-state index contributed by atoms with van der Waals surface area (Å²) in [5.41, 5.74) is 10.7. The van der Waals surface area contributed by atoms with Crippen molar-refractivity contribution >= 4 is 22.8 Å². The quantitative estimate of drug-likeness (QED) is 0.478. The van der Waals surface area contributed by atoms with Gasteiger partial charge in [0.2, 0.25) is 0 Å². The van der Waals surface area contributed by atoms with Gasteiger partial charge >= 0.3 is 6.03 Å². The number of halogens is 1. The van der Waals surface area contributed by atoms with Gasteiger partial charge in [0.15, 0.2) is 0 Å². The van der Waals surface area contributed by atoms with Crippen LogP contribution in [0.15, 0.2) is 54.7 Å². The van der Waals surface area contributed by atoms with Crippen molar-refractivity contribution in [1.82, 2.24) is 15.4 Å². The van der Waals surface area contributed by atoms with E-state index in [1.165, 1.54) is 11.1 Å². The summed E-state index contributed by atoms with van der Waals surface area (Å²) in [7, 11) is 1.56. The van der Waals surface area contributed by atoms with Crippen LogP contribution in [0.5, 0.6) is 5.75 Å². The zero-order valence-corrected chi connectivity index (χ0v) is 20.0. The first-order valence-electron chi connectivity index (χ1n) is 12.0. The van der Waals surface area contributed by atoms with Crippen LogP contribution in [0.25, 0.3) is 10.9 Å². The normalized spacial score (nSPS) is 18.6. The molecule has 1 atom stereocenters. The first-order chi connectivity index (χ1) is 16.9. The molecule has 3 amide bonds. The number of hydrogen-bond acceptors (Lipinski definition) is 4. The lowest BCUT2D eigenvalue weighted by Gasteiger charge is -2.39. The highest BCUT2D eigenvalue weighted by Gasteiger charge is 2.34. The maximum Gasteiger partial charge on any atom is 0.333 e. The number of nitrogens with zero attached hydrogens (tertiary/aromatic N) is 2. The van der Waals surface area contributed by atoms with Crippen molar-refractivity contribution in [2.75, 3.05) is 7.11 Å². The number of nitrogens with one attached hydrogen (secondary N) is 1. The minimum atomic E-state index is -0.684. The average Bonchev–Trinajstić information content (AvgIpc) is 2.88. The Morgan fingerprint density at radius 1 is 1.14 bits per heavy atom. The van der Waals surface area contributed by atoms with E-state index in [9.17, 15) is 14.0 Å². The molecular weight excluding hydrogens is 447 g/mol. The molecule has 3 aromatic rings. The zero-order valence-electron chi connectivity index (χ0n) is 20.0. The molecule has 8 heteroatoms. The van der Waals surface area contributed by atoms with Crippen molar-refractivity contribution in [3.05, 3.63) is 71.7 Å². The number of ether oxygens (including phenoxy) is 1. The Morgan fingerprint density at radius 3 is 2.49 bits per heavy atom. The lowest BCUT2D eigenvalue weighted by atomic mass is 9.75. The van der Waals surface area contributed by atoms with Crippen LogP contribution in [-0.4, -0.2) is 35.1 Å². The minimum Gasteiger partial charge on any atom is -0.497 e. The lowest BCUT2D eigenvalue weighted by Crippen LogP contribution is -2.56. The summed E-state index contributed by atoms with van der Waals surface area (Å²) in [5.74, 6) is 0.443. The van der Waals surface area contributed by atoms with Gasteiger partial charge in [0, 0.05) is 17.1 Å². The third-order valence-electron chi connectivity index (χ3n) is 7.05. The van der Waals surface area contributed by atoms with Gasteiger partial charge in [-0.15, -0.1) is 0 Å². The second-order valence-electron chi connectivity index (χ2n) is 9.03. The summed E-state index contributed by atoms with van der Waals surface area (Å²) in [6.45, 7) is 1.99. The number of carbonyl (C=O) groups excluding carboxylic acids is 2. The average molecular weight is 479 g/mol. The van der Waals surface area contributed by atoms with Gasteiger partial charge in [-0.25, -0.2) is 14.2 Å². The predicted octanol–water partition coefficient (Wildman–Crippen LogP) is 5.16. The van der Waals surface area contributed by atoms with Crippen LogP contribution in [0.1, 0.15) is 60.9 Å². The van der Waals surface area contributed by atoms with E-state index in [2.05, 4.69) is 10.4 Å². The number of carbonyl (C=O) groups is 2. The van der Waals surface area contributed by atoms with Gasteiger partial charge in [-0.2, -0.15) is 0 Å². The van der Waals surface area contributed by atoms with E-state index in [4.69, 9.17) is 10.5 Å². The van der Waals surface area contributed by atoms with E-state index in [0.717, 1.165) is 42.1 Å². The number of fused-ring (bicyclic) bond motifs is 1. The van der Waals surface area contributed by atoms with Gasteiger partial charge in [0.05, 0.1) is 18.7 Å². The molecule has 1 saturated carbocycles. The van der Waals surface area contributed by atoms with E-state index in [1.54, 1.807) is 49.7 Å². The number of methoxy groups -OCH3 is 1. The molecule has 1 aromatic heterocycles. The Balaban J connectivity index is 1.46. The molecule has 4 rings (SSSR count). The van der Waals surface area contributed by atoms with Crippen LogP contribution in [0.2, 0.25) is 0 Å². The number of nitrogens with two attached hydrogens (primary N) is 1. The molecule has 0 bridgehead atoms. The molecule has 184 valence electrons. The second-order valence-corrected chi connectivity index (χ2v) is 9.03. The number of primary amides is 1. The number of urea groups is 1. The van der Waals surface area contributed by atoms with E-state index in [-0.39, 0.29) is 23.7 Å². The number of hydrogen-bond donors (Lipinski definition) is 2. The Morgan fingerprint density at radius 2 is 1.86 bits per heavy atom. The number of pyridine rings is 1. The molecule has 0 aliphatic heterocycles. The maximum absolute atomic E-state index is 13.9. The van der Waals surface area contributed by atoms with Gasteiger partial charge in [-0.3, -0.25) is 15.2 Å². The van der Waals surface area contributed by atoms with Crippen molar-refractivity contribution in [3.63, 3.8) is 0 Å². The van der Waals surface area contributed by atoms with Crippen LogP contribution in [0, 0.1) is 11.7 Å². The highest BCUT2D eigenvalue weighted by molar-refractivity contribution is 5.95.